The predicted molar refractivity (Wildman–Crippen MR) is 53.7 cm³/mol. The van der Waals surface area contributed by atoms with E-state index in [1.165, 1.54) is 0 Å². The van der Waals surface area contributed by atoms with Gasteiger partial charge in [-0.05, 0) is 19.1 Å². The lowest BCUT2D eigenvalue weighted by atomic mass is 10.3. The number of hydrogen-bond donors (Lipinski definition) is 0. The Morgan fingerprint density at radius 2 is 2.13 bits per heavy atom. The number of benzene rings is 1. The van der Waals surface area contributed by atoms with Crippen molar-refractivity contribution in [1.82, 2.24) is 20.2 Å². The summed E-state index contributed by atoms with van der Waals surface area (Å²) in [5.41, 5.74) is 3.43. The topological polar surface area (TPSA) is 56.7 Å². The molecule has 0 bridgehead atoms. The van der Waals surface area contributed by atoms with Crippen molar-refractivity contribution in [3.8, 4) is 5.69 Å². The van der Waals surface area contributed by atoms with Crippen LogP contribution in [0.5, 0.6) is 0 Å². The third-order valence-electron chi connectivity index (χ3n) is 2.30. The molecule has 0 spiro atoms. The number of rotatable bonds is 1. The molecular formula is C10H8N4O. The van der Waals surface area contributed by atoms with Gasteiger partial charge in [0.25, 0.3) is 0 Å². The highest BCUT2D eigenvalue weighted by Crippen LogP contribution is 2.17. The summed E-state index contributed by atoms with van der Waals surface area (Å²) in [4.78, 5) is 0. The normalized spacial score (nSPS) is 11.0. The number of fused-ring (bicyclic) bond motifs is 1. The Morgan fingerprint density at radius 1 is 1.27 bits per heavy atom. The maximum Gasteiger partial charge on any atom is 0.149 e. The molecule has 2 aromatic heterocycles. The van der Waals surface area contributed by atoms with Crippen molar-refractivity contribution < 1.29 is 4.52 Å². The molecule has 0 N–H and O–H groups in total. The largest absolute Gasteiger partial charge is 0.362 e. The molecule has 1 aromatic carbocycles. The molecule has 0 amide bonds. The van der Waals surface area contributed by atoms with Crippen molar-refractivity contribution in [2.24, 2.45) is 0 Å². The zero-order valence-electron chi connectivity index (χ0n) is 8.08. The van der Waals surface area contributed by atoms with Gasteiger partial charge >= 0.3 is 0 Å². The molecule has 15 heavy (non-hydrogen) atoms. The van der Waals surface area contributed by atoms with E-state index >= 15 is 0 Å². The Kier molecular flexibility index (Phi) is 1.58. The number of aromatic nitrogens is 4. The van der Waals surface area contributed by atoms with Gasteiger partial charge in [0.1, 0.15) is 23.2 Å². The third-order valence-corrected chi connectivity index (χ3v) is 2.30. The van der Waals surface area contributed by atoms with Gasteiger partial charge in [-0.15, -0.1) is 5.10 Å². The fraction of sp³-hybridized carbons (Fsp3) is 0.100. The Bertz CT molecular complexity index is 610. The van der Waals surface area contributed by atoms with Crippen molar-refractivity contribution in [3.05, 3.63) is 36.2 Å². The standard InChI is InChI=1S/C10H8N4O/c1-7-10(6-15-12-7)14-9-5-3-2-4-8(9)11-13-14/h2-6H,1H3. The molecule has 5 heteroatoms. The third kappa shape index (κ3) is 1.13. The van der Waals surface area contributed by atoms with E-state index in [2.05, 4.69) is 15.5 Å². The van der Waals surface area contributed by atoms with Crippen LogP contribution in [-0.2, 0) is 0 Å². The quantitative estimate of drug-likeness (QED) is 0.600. The zero-order valence-corrected chi connectivity index (χ0v) is 8.08. The maximum atomic E-state index is 4.88. The zero-order chi connectivity index (χ0) is 10.3. The first-order chi connectivity index (χ1) is 7.36. The number of aryl methyl sites for hydroxylation is 1. The lowest BCUT2D eigenvalue weighted by Crippen LogP contribution is -1.96. The highest BCUT2D eigenvalue weighted by molar-refractivity contribution is 5.75. The summed E-state index contributed by atoms with van der Waals surface area (Å²) in [6.45, 7) is 1.87. The minimum Gasteiger partial charge on any atom is -0.362 e. The second kappa shape index (κ2) is 2.91. The molecule has 0 aliphatic carbocycles. The Labute approximate surface area is 85.3 Å². The van der Waals surface area contributed by atoms with Crippen LogP contribution < -0.4 is 0 Å². The van der Waals surface area contributed by atoms with Crippen LogP contribution in [0.15, 0.2) is 35.1 Å². The predicted octanol–water partition coefficient (Wildman–Crippen LogP) is 1.72. The van der Waals surface area contributed by atoms with Gasteiger partial charge in [-0.2, -0.15) is 0 Å². The lowest BCUT2D eigenvalue weighted by molar-refractivity contribution is 0.414. The average molecular weight is 200 g/mol. The van der Waals surface area contributed by atoms with E-state index in [4.69, 9.17) is 4.52 Å². The highest BCUT2D eigenvalue weighted by Gasteiger charge is 2.10. The fourth-order valence-electron chi connectivity index (χ4n) is 1.54. The van der Waals surface area contributed by atoms with E-state index in [1.807, 2.05) is 31.2 Å². The first-order valence-electron chi connectivity index (χ1n) is 4.58. The van der Waals surface area contributed by atoms with Gasteiger partial charge in [0.2, 0.25) is 0 Å². The van der Waals surface area contributed by atoms with Crippen molar-refractivity contribution in [3.63, 3.8) is 0 Å². The fourth-order valence-corrected chi connectivity index (χ4v) is 1.54. The minimum atomic E-state index is 0.797. The van der Waals surface area contributed by atoms with Gasteiger partial charge in [-0.3, -0.25) is 0 Å². The van der Waals surface area contributed by atoms with Gasteiger partial charge < -0.3 is 4.52 Å². The molecule has 0 aliphatic rings. The Morgan fingerprint density at radius 3 is 2.93 bits per heavy atom. The second-order valence-corrected chi connectivity index (χ2v) is 3.28. The summed E-state index contributed by atoms with van der Waals surface area (Å²) in [7, 11) is 0. The first-order valence-corrected chi connectivity index (χ1v) is 4.58. The van der Waals surface area contributed by atoms with E-state index in [0.717, 1.165) is 22.4 Å². The molecular weight excluding hydrogens is 192 g/mol. The van der Waals surface area contributed by atoms with Crippen LogP contribution in [0, 0.1) is 6.92 Å². The van der Waals surface area contributed by atoms with Crippen LogP contribution in [0.2, 0.25) is 0 Å². The van der Waals surface area contributed by atoms with Crippen LogP contribution >= 0.6 is 0 Å². The van der Waals surface area contributed by atoms with Crippen LogP contribution in [0.1, 0.15) is 5.69 Å². The van der Waals surface area contributed by atoms with Crippen LogP contribution in [-0.4, -0.2) is 20.2 Å². The van der Waals surface area contributed by atoms with E-state index in [9.17, 15) is 0 Å². The SMILES string of the molecule is Cc1nocc1-n1nnc2ccccc21. The molecule has 0 fully saturated rings. The summed E-state index contributed by atoms with van der Waals surface area (Å²) >= 11 is 0. The molecule has 3 aromatic rings. The maximum absolute atomic E-state index is 4.88. The van der Waals surface area contributed by atoms with Gasteiger partial charge in [0.05, 0.1) is 5.52 Å². The first kappa shape index (κ1) is 8.16. The van der Waals surface area contributed by atoms with Crippen molar-refractivity contribution >= 4 is 11.0 Å². The Hall–Kier alpha value is -2.17. The molecule has 0 unspecified atom stereocenters. The molecule has 5 nitrogen and oxygen atoms in total. The van der Waals surface area contributed by atoms with Gasteiger partial charge in [0, 0.05) is 0 Å². The van der Waals surface area contributed by atoms with Gasteiger partial charge in [0.15, 0.2) is 0 Å². The molecule has 2 heterocycles. The monoisotopic (exact) mass is 200 g/mol. The summed E-state index contributed by atoms with van der Waals surface area (Å²) in [6.07, 6.45) is 1.57. The van der Waals surface area contributed by atoms with Crippen molar-refractivity contribution in [2.75, 3.05) is 0 Å². The lowest BCUT2D eigenvalue weighted by Gasteiger charge is -1.96. The average Bonchev–Trinajstić information content (AvgIpc) is 2.83. The molecule has 0 atom stereocenters. The number of hydrogen-bond acceptors (Lipinski definition) is 4. The molecule has 74 valence electrons. The van der Waals surface area contributed by atoms with Gasteiger partial charge in [-0.1, -0.05) is 22.5 Å². The minimum absolute atomic E-state index is 0.797. The summed E-state index contributed by atoms with van der Waals surface area (Å²) < 4.78 is 6.60. The smallest absolute Gasteiger partial charge is 0.149 e. The van der Waals surface area contributed by atoms with Crippen LogP contribution in [0.25, 0.3) is 16.7 Å². The van der Waals surface area contributed by atoms with Crippen molar-refractivity contribution in [1.29, 1.82) is 0 Å². The van der Waals surface area contributed by atoms with Crippen molar-refractivity contribution in [2.45, 2.75) is 6.92 Å². The summed E-state index contributed by atoms with van der Waals surface area (Å²) in [5, 5.41) is 11.9. The van der Waals surface area contributed by atoms with Crippen LogP contribution in [0.3, 0.4) is 0 Å². The summed E-state index contributed by atoms with van der Waals surface area (Å²) in [6, 6.07) is 7.76. The van der Waals surface area contributed by atoms with E-state index in [0.29, 0.717) is 0 Å². The number of nitrogens with zero attached hydrogens (tertiary/aromatic N) is 4. The van der Waals surface area contributed by atoms with E-state index in [-0.39, 0.29) is 0 Å². The molecule has 3 rings (SSSR count). The Balaban J connectivity index is 2.32. The highest BCUT2D eigenvalue weighted by atomic mass is 16.5. The molecule has 0 saturated heterocycles. The summed E-state index contributed by atoms with van der Waals surface area (Å²) in [5.74, 6) is 0. The van der Waals surface area contributed by atoms with E-state index in [1.54, 1.807) is 10.9 Å². The number of para-hydroxylation sites is 1. The van der Waals surface area contributed by atoms with Crippen LogP contribution in [0.4, 0.5) is 0 Å². The van der Waals surface area contributed by atoms with E-state index < -0.39 is 0 Å². The molecule has 0 radical (unpaired) electrons. The van der Waals surface area contributed by atoms with Gasteiger partial charge in [-0.25, -0.2) is 4.68 Å². The second-order valence-electron chi connectivity index (χ2n) is 3.28. The molecule has 0 aliphatic heterocycles. The molecule has 0 saturated carbocycles.